The number of rotatable bonds is 0. The molecule has 0 spiro atoms. The maximum atomic E-state index is 12.8. The topological polar surface area (TPSA) is 29.5 Å². The van der Waals surface area contributed by atoms with Crippen molar-refractivity contribution < 1.29 is 14.2 Å². The molecular weight excluding hydrogens is 158 g/mol. The lowest BCUT2D eigenvalue weighted by molar-refractivity contribution is 0.251. The van der Waals surface area contributed by atoms with Crippen molar-refractivity contribution in [2.24, 2.45) is 0 Å². The normalized spacial score (nSPS) is 20.3. The minimum atomic E-state index is -0.598. The Morgan fingerprint density at radius 2 is 2.33 bits per heavy atom. The summed E-state index contributed by atoms with van der Waals surface area (Å²) >= 11 is 0. The largest absolute Gasteiger partial charge is 0.505 e. The highest BCUT2D eigenvalue weighted by Gasteiger charge is 2.25. The molecule has 0 amide bonds. The Hall–Kier alpha value is -1.03. The molecule has 0 fully saturated rings. The SMILES string of the molecule is CC1O[B]c2ccc(F)c(O)c21. The average molecular weight is 165 g/mol. The van der Waals surface area contributed by atoms with Crippen LogP contribution < -0.4 is 5.46 Å². The number of hydrogen-bond acceptors (Lipinski definition) is 2. The molecule has 4 heteroatoms. The highest BCUT2D eigenvalue weighted by molar-refractivity contribution is 6.49. The molecule has 0 aromatic heterocycles. The van der Waals surface area contributed by atoms with E-state index in [0.717, 1.165) is 5.46 Å². The van der Waals surface area contributed by atoms with Gasteiger partial charge in [-0.25, -0.2) is 4.39 Å². The van der Waals surface area contributed by atoms with Gasteiger partial charge in [-0.1, -0.05) is 6.07 Å². The van der Waals surface area contributed by atoms with E-state index in [9.17, 15) is 9.50 Å². The molecule has 0 bridgehead atoms. The van der Waals surface area contributed by atoms with Crippen molar-refractivity contribution >= 4 is 12.9 Å². The molecule has 2 nitrogen and oxygen atoms in total. The third kappa shape index (κ3) is 0.915. The van der Waals surface area contributed by atoms with Gasteiger partial charge in [-0.05, 0) is 18.5 Å². The molecule has 0 aliphatic carbocycles. The summed E-state index contributed by atoms with van der Waals surface area (Å²) in [6.45, 7) is 1.77. The molecule has 1 N–H and O–H groups in total. The first-order chi connectivity index (χ1) is 5.70. The molecule has 1 radical (unpaired) electrons. The number of benzene rings is 1. The maximum Gasteiger partial charge on any atom is 0.331 e. The van der Waals surface area contributed by atoms with E-state index in [1.807, 2.05) is 0 Å². The molecule has 12 heavy (non-hydrogen) atoms. The van der Waals surface area contributed by atoms with Crippen LogP contribution in [0.25, 0.3) is 0 Å². The van der Waals surface area contributed by atoms with E-state index < -0.39 is 5.82 Å². The van der Waals surface area contributed by atoms with Gasteiger partial charge in [0, 0.05) is 5.56 Å². The van der Waals surface area contributed by atoms with Crippen LogP contribution in [0.15, 0.2) is 12.1 Å². The summed E-state index contributed by atoms with van der Waals surface area (Å²) in [5, 5.41) is 9.31. The van der Waals surface area contributed by atoms with Crippen LogP contribution in [-0.2, 0) is 4.65 Å². The summed E-state index contributed by atoms with van der Waals surface area (Å²) in [6, 6.07) is 2.82. The molecule has 1 aliphatic rings. The van der Waals surface area contributed by atoms with E-state index in [4.69, 9.17) is 4.65 Å². The van der Waals surface area contributed by atoms with Crippen molar-refractivity contribution in [3.05, 3.63) is 23.5 Å². The van der Waals surface area contributed by atoms with Gasteiger partial charge in [-0.3, -0.25) is 0 Å². The Morgan fingerprint density at radius 3 is 3.08 bits per heavy atom. The minimum Gasteiger partial charge on any atom is -0.505 e. The maximum absolute atomic E-state index is 12.8. The zero-order valence-corrected chi connectivity index (χ0v) is 6.54. The van der Waals surface area contributed by atoms with Gasteiger partial charge in [-0.15, -0.1) is 0 Å². The molecule has 0 saturated heterocycles. The lowest BCUT2D eigenvalue weighted by Crippen LogP contribution is -2.11. The molecule has 1 aromatic rings. The summed E-state index contributed by atoms with van der Waals surface area (Å²) in [6.07, 6.45) is -0.254. The van der Waals surface area contributed by atoms with E-state index in [2.05, 4.69) is 0 Å². The summed E-state index contributed by atoms with van der Waals surface area (Å²) in [5.74, 6) is -0.895. The second-order valence-corrected chi connectivity index (χ2v) is 2.80. The van der Waals surface area contributed by atoms with Crippen LogP contribution in [0, 0.1) is 5.82 Å². The number of hydrogen-bond donors (Lipinski definition) is 1. The quantitative estimate of drug-likeness (QED) is 0.577. The predicted octanol–water partition coefficient (Wildman–Crippen LogP) is 0.867. The van der Waals surface area contributed by atoms with Gasteiger partial charge in [0.05, 0.1) is 6.10 Å². The van der Waals surface area contributed by atoms with Crippen molar-refractivity contribution in [2.75, 3.05) is 0 Å². The highest BCUT2D eigenvalue weighted by Crippen LogP contribution is 2.30. The summed E-state index contributed by atoms with van der Waals surface area (Å²) < 4.78 is 17.9. The zero-order chi connectivity index (χ0) is 8.72. The van der Waals surface area contributed by atoms with Crippen molar-refractivity contribution in [2.45, 2.75) is 13.0 Å². The number of phenols is 1. The van der Waals surface area contributed by atoms with Crippen LogP contribution in [0.2, 0.25) is 0 Å². The number of fused-ring (bicyclic) bond motifs is 1. The molecule has 61 valence electrons. The molecule has 1 aromatic carbocycles. The first-order valence-corrected chi connectivity index (χ1v) is 3.70. The molecular formula is C8H7BFO2. The van der Waals surface area contributed by atoms with Gasteiger partial charge in [0.15, 0.2) is 11.6 Å². The Kier molecular flexibility index (Phi) is 1.58. The average Bonchev–Trinajstić information content (AvgIpc) is 2.41. The molecule has 1 heterocycles. The Labute approximate surface area is 70.3 Å². The lowest BCUT2D eigenvalue weighted by Gasteiger charge is -2.07. The fraction of sp³-hybridized carbons (Fsp3) is 0.250. The molecule has 2 rings (SSSR count). The van der Waals surface area contributed by atoms with Crippen molar-refractivity contribution in [3.8, 4) is 5.75 Å². The summed E-state index contributed by atoms with van der Waals surface area (Å²) in [5.41, 5.74) is 1.29. The van der Waals surface area contributed by atoms with Crippen LogP contribution in [0.3, 0.4) is 0 Å². The number of phenolic OH excluding ortho intramolecular Hbond substituents is 1. The number of halogens is 1. The molecule has 1 unspecified atom stereocenters. The van der Waals surface area contributed by atoms with E-state index in [0.29, 0.717) is 5.56 Å². The molecule has 1 aliphatic heterocycles. The second-order valence-electron chi connectivity index (χ2n) is 2.80. The smallest absolute Gasteiger partial charge is 0.331 e. The van der Waals surface area contributed by atoms with Crippen LogP contribution in [0.4, 0.5) is 4.39 Å². The van der Waals surface area contributed by atoms with Crippen molar-refractivity contribution in [1.29, 1.82) is 0 Å². The van der Waals surface area contributed by atoms with E-state index >= 15 is 0 Å². The van der Waals surface area contributed by atoms with E-state index in [-0.39, 0.29) is 11.9 Å². The van der Waals surface area contributed by atoms with E-state index in [1.165, 1.54) is 13.5 Å². The Morgan fingerprint density at radius 1 is 1.58 bits per heavy atom. The third-order valence-electron chi connectivity index (χ3n) is 2.01. The fourth-order valence-electron chi connectivity index (χ4n) is 1.37. The second kappa shape index (κ2) is 2.49. The van der Waals surface area contributed by atoms with Crippen LogP contribution in [-0.4, -0.2) is 12.6 Å². The lowest BCUT2D eigenvalue weighted by atomic mass is 9.86. The van der Waals surface area contributed by atoms with Crippen molar-refractivity contribution in [1.82, 2.24) is 0 Å². The van der Waals surface area contributed by atoms with Crippen LogP contribution in [0.5, 0.6) is 5.75 Å². The minimum absolute atomic E-state index is 0.254. The standard InChI is InChI=1S/C8H7BFO2/c1-4-7-5(9-12-4)2-3-6(10)8(7)11/h2-4,11H,1H3. The summed E-state index contributed by atoms with van der Waals surface area (Å²) in [7, 11) is 1.53. The first-order valence-electron chi connectivity index (χ1n) is 3.70. The zero-order valence-electron chi connectivity index (χ0n) is 6.54. The van der Waals surface area contributed by atoms with Gasteiger partial charge in [0.2, 0.25) is 0 Å². The highest BCUT2D eigenvalue weighted by atomic mass is 19.1. The molecule has 1 atom stereocenters. The van der Waals surface area contributed by atoms with E-state index in [1.54, 1.807) is 13.0 Å². The van der Waals surface area contributed by atoms with Gasteiger partial charge in [0.25, 0.3) is 0 Å². The Bertz CT molecular complexity index is 327. The van der Waals surface area contributed by atoms with Gasteiger partial charge < -0.3 is 9.76 Å². The Balaban J connectivity index is 2.63. The monoisotopic (exact) mass is 165 g/mol. The van der Waals surface area contributed by atoms with Gasteiger partial charge in [0.1, 0.15) is 0 Å². The van der Waals surface area contributed by atoms with Gasteiger partial charge >= 0.3 is 7.48 Å². The van der Waals surface area contributed by atoms with Crippen LogP contribution in [0.1, 0.15) is 18.6 Å². The molecule has 0 saturated carbocycles. The summed E-state index contributed by atoms with van der Waals surface area (Å²) in [4.78, 5) is 0. The third-order valence-corrected chi connectivity index (χ3v) is 2.01. The fourth-order valence-corrected chi connectivity index (χ4v) is 1.37. The predicted molar refractivity (Wildman–Crippen MR) is 43.0 cm³/mol. The van der Waals surface area contributed by atoms with Crippen molar-refractivity contribution in [3.63, 3.8) is 0 Å². The van der Waals surface area contributed by atoms with Gasteiger partial charge in [-0.2, -0.15) is 0 Å². The number of aromatic hydroxyl groups is 1. The van der Waals surface area contributed by atoms with Crippen LogP contribution >= 0.6 is 0 Å². The first kappa shape index (κ1) is 7.62.